The number of rotatable bonds is 2. The minimum atomic E-state index is 0.162. The highest BCUT2D eigenvalue weighted by molar-refractivity contribution is 6.28. The van der Waals surface area contributed by atoms with E-state index in [4.69, 9.17) is 16.0 Å². The second kappa shape index (κ2) is 4.90. The highest BCUT2D eigenvalue weighted by Gasteiger charge is 2.15. The zero-order chi connectivity index (χ0) is 13.2. The predicted octanol–water partition coefficient (Wildman–Crippen LogP) is 4.97. The molecule has 3 heteroatoms. The summed E-state index contributed by atoms with van der Waals surface area (Å²) in [5.74, 6) is 0.703. The summed E-state index contributed by atoms with van der Waals surface area (Å²) in [6.07, 6.45) is 0. The average molecular weight is 270 g/mol. The molecule has 0 spiro atoms. The van der Waals surface area contributed by atoms with Crippen molar-refractivity contribution in [3.8, 4) is 22.6 Å². The number of hydrogen-bond acceptors (Lipinski definition) is 2. The Balaban J connectivity index is 2.15. The fraction of sp³-hybridized carbons (Fsp3) is 0.0625. The van der Waals surface area contributed by atoms with Crippen molar-refractivity contribution in [2.24, 2.45) is 0 Å². The first-order valence-corrected chi connectivity index (χ1v) is 6.40. The standard InChI is InChI=1S/C16H12ClNO/c1-11-7-9-12(10-8-11)14-15(19-16(17)18-14)13-5-3-2-4-6-13/h2-10H,1H3. The van der Waals surface area contributed by atoms with Gasteiger partial charge in [0.05, 0.1) is 0 Å². The lowest BCUT2D eigenvalue weighted by atomic mass is 10.0. The van der Waals surface area contributed by atoms with Crippen LogP contribution in [-0.2, 0) is 0 Å². The Bertz CT molecular complexity index is 687. The summed E-state index contributed by atoms with van der Waals surface area (Å²) in [5.41, 5.74) is 3.95. The summed E-state index contributed by atoms with van der Waals surface area (Å²) in [6.45, 7) is 2.05. The van der Waals surface area contributed by atoms with Crippen molar-refractivity contribution < 1.29 is 4.42 Å². The average Bonchev–Trinajstić information content (AvgIpc) is 2.83. The molecule has 0 atom stereocenters. The molecule has 0 saturated carbocycles. The smallest absolute Gasteiger partial charge is 0.293 e. The molecule has 0 N–H and O–H groups in total. The molecule has 0 aliphatic heterocycles. The minimum absolute atomic E-state index is 0.162. The van der Waals surface area contributed by atoms with E-state index in [1.54, 1.807) is 0 Å². The van der Waals surface area contributed by atoms with Crippen LogP contribution in [0.2, 0.25) is 5.35 Å². The molecule has 0 unspecified atom stereocenters. The van der Waals surface area contributed by atoms with Crippen molar-refractivity contribution in [3.05, 3.63) is 65.5 Å². The van der Waals surface area contributed by atoms with Gasteiger partial charge in [0.1, 0.15) is 5.69 Å². The van der Waals surface area contributed by atoms with E-state index in [2.05, 4.69) is 11.9 Å². The van der Waals surface area contributed by atoms with E-state index in [1.807, 2.05) is 54.6 Å². The van der Waals surface area contributed by atoms with Crippen molar-refractivity contribution >= 4 is 11.6 Å². The highest BCUT2D eigenvalue weighted by Crippen LogP contribution is 2.33. The summed E-state index contributed by atoms with van der Waals surface area (Å²) in [6, 6.07) is 18.0. The van der Waals surface area contributed by atoms with Crippen LogP contribution in [0, 0.1) is 6.92 Å². The van der Waals surface area contributed by atoms with E-state index in [9.17, 15) is 0 Å². The minimum Gasteiger partial charge on any atom is -0.427 e. The normalized spacial score (nSPS) is 10.6. The molecule has 94 valence electrons. The largest absolute Gasteiger partial charge is 0.427 e. The Morgan fingerprint density at radius 1 is 0.895 bits per heavy atom. The van der Waals surface area contributed by atoms with Crippen LogP contribution in [0.1, 0.15) is 5.56 Å². The van der Waals surface area contributed by atoms with E-state index >= 15 is 0 Å². The van der Waals surface area contributed by atoms with Gasteiger partial charge in [0.2, 0.25) is 0 Å². The Hall–Kier alpha value is -2.06. The van der Waals surface area contributed by atoms with E-state index in [0.717, 1.165) is 16.8 Å². The Morgan fingerprint density at radius 2 is 1.58 bits per heavy atom. The first-order valence-electron chi connectivity index (χ1n) is 6.03. The van der Waals surface area contributed by atoms with Gasteiger partial charge in [0.25, 0.3) is 5.35 Å². The molecule has 0 saturated heterocycles. The zero-order valence-corrected chi connectivity index (χ0v) is 11.2. The van der Waals surface area contributed by atoms with Gasteiger partial charge in [-0.1, -0.05) is 60.2 Å². The Kier molecular flexibility index (Phi) is 3.10. The molecule has 0 aliphatic carbocycles. The van der Waals surface area contributed by atoms with Crippen molar-refractivity contribution in [1.29, 1.82) is 0 Å². The SMILES string of the molecule is Cc1ccc(-c2nc(Cl)oc2-c2ccccc2)cc1. The molecule has 3 aromatic rings. The lowest BCUT2D eigenvalue weighted by molar-refractivity contribution is 0.574. The van der Waals surface area contributed by atoms with Crippen molar-refractivity contribution in [2.75, 3.05) is 0 Å². The molecule has 0 bridgehead atoms. The third-order valence-electron chi connectivity index (χ3n) is 2.96. The summed E-state index contributed by atoms with van der Waals surface area (Å²) >= 11 is 5.92. The molecule has 3 rings (SSSR count). The van der Waals surface area contributed by atoms with Gasteiger partial charge in [0, 0.05) is 11.1 Å². The molecule has 2 nitrogen and oxygen atoms in total. The van der Waals surface area contributed by atoms with Crippen LogP contribution in [0.25, 0.3) is 22.6 Å². The molecule has 19 heavy (non-hydrogen) atoms. The van der Waals surface area contributed by atoms with E-state index < -0.39 is 0 Å². The Morgan fingerprint density at radius 3 is 2.26 bits per heavy atom. The first kappa shape index (κ1) is 12.0. The molecule has 0 radical (unpaired) electrons. The lowest BCUT2D eigenvalue weighted by Crippen LogP contribution is -1.82. The summed E-state index contributed by atoms with van der Waals surface area (Å²) in [7, 11) is 0. The van der Waals surface area contributed by atoms with Gasteiger partial charge in [-0.3, -0.25) is 0 Å². The second-order valence-corrected chi connectivity index (χ2v) is 4.70. The van der Waals surface area contributed by atoms with Crippen LogP contribution in [0.4, 0.5) is 0 Å². The second-order valence-electron chi connectivity index (χ2n) is 4.38. The van der Waals surface area contributed by atoms with Gasteiger partial charge in [-0.15, -0.1) is 0 Å². The van der Waals surface area contributed by atoms with Gasteiger partial charge in [-0.25, -0.2) is 0 Å². The van der Waals surface area contributed by atoms with Crippen LogP contribution < -0.4 is 0 Å². The summed E-state index contributed by atoms with van der Waals surface area (Å²) in [4.78, 5) is 4.29. The van der Waals surface area contributed by atoms with Crippen molar-refractivity contribution in [3.63, 3.8) is 0 Å². The molecule has 1 aromatic heterocycles. The number of aryl methyl sites for hydroxylation is 1. The van der Waals surface area contributed by atoms with Gasteiger partial charge >= 0.3 is 0 Å². The van der Waals surface area contributed by atoms with Crippen LogP contribution in [0.15, 0.2) is 59.0 Å². The van der Waals surface area contributed by atoms with Crippen molar-refractivity contribution in [1.82, 2.24) is 4.98 Å². The molecular weight excluding hydrogens is 258 g/mol. The summed E-state index contributed by atoms with van der Waals surface area (Å²) in [5, 5.41) is 0.162. The van der Waals surface area contributed by atoms with Gasteiger partial charge in [-0.05, 0) is 18.5 Å². The topological polar surface area (TPSA) is 26.0 Å². The Labute approximate surface area is 116 Å². The molecule has 0 fully saturated rings. The van der Waals surface area contributed by atoms with Crippen molar-refractivity contribution in [2.45, 2.75) is 6.92 Å². The number of aromatic nitrogens is 1. The maximum absolute atomic E-state index is 5.92. The zero-order valence-electron chi connectivity index (χ0n) is 10.4. The van der Waals surface area contributed by atoms with E-state index in [0.29, 0.717) is 5.76 Å². The quantitative estimate of drug-likeness (QED) is 0.656. The molecule has 1 heterocycles. The van der Waals surface area contributed by atoms with Crippen LogP contribution >= 0.6 is 11.6 Å². The maximum Gasteiger partial charge on any atom is 0.293 e. The third-order valence-corrected chi connectivity index (χ3v) is 3.12. The van der Waals surface area contributed by atoms with Gasteiger partial charge in [-0.2, -0.15) is 4.98 Å². The summed E-state index contributed by atoms with van der Waals surface area (Å²) < 4.78 is 5.54. The number of nitrogens with zero attached hydrogens (tertiary/aromatic N) is 1. The maximum atomic E-state index is 5.92. The van der Waals surface area contributed by atoms with Crippen LogP contribution in [-0.4, -0.2) is 4.98 Å². The molecule has 2 aromatic carbocycles. The first-order chi connectivity index (χ1) is 9.24. The fourth-order valence-corrected chi connectivity index (χ4v) is 2.15. The fourth-order valence-electron chi connectivity index (χ4n) is 1.99. The van der Waals surface area contributed by atoms with Gasteiger partial charge < -0.3 is 4.42 Å². The van der Waals surface area contributed by atoms with E-state index in [-0.39, 0.29) is 5.35 Å². The number of halogens is 1. The molecule has 0 aliphatic rings. The van der Waals surface area contributed by atoms with Gasteiger partial charge in [0.15, 0.2) is 5.76 Å². The number of hydrogen-bond donors (Lipinski definition) is 0. The lowest BCUT2D eigenvalue weighted by Gasteiger charge is -2.01. The number of benzene rings is 2. The molecular formula is C16H12ClNO. The predicted molar refractivity (Wildman–Crippen MR) is 77.1 cm³/mol. The monoisotopic (exact) mass is 269 g/mol. The van der Waals surface area contributed by atoms with Crippen LogP contribution in [0.3, 0.4) is 0 Å². The number of oxazole rings is 1. The van der Waals surface area contributed by atoms with Crippen LogP contribution in [0.5, 0.6) is 0 Å². The van der Waals surface area contributed by atoms with E-state index in [1.165, 1.54) is 5.56 Å². The molecule has 0 amide bonds. The third kappa shape index (κ3) is 2.40. The highest BCUT2D eigenvalue weighted by atomic mass is 35.5.